The highest BCUT2D eigenvalue weighted by molar-refractivity contribution is 5.78. The zero-order chi connectivity index (χ0) is 40.6. The number of nitrogens with one attached hydrogen (secondary N) is 1. The van der Waals surface area contributed by atoms with Crippen LogP contribution in [0.25, 0.3) is 0 Å². The van der Waals surface area contributed by atoms with Gasteiger partial charge < -0.3 is 19.9 Å². The smallest absolute Gasteiger partial charge is 0.319 e. The fraction of sp³-hybridized carbons (Fsp3) is 0.720. The molecule has 1 saturated heterocycles. The SMILES string of the molecule is C=C(C)[C@@H]1CC[C@]2(NCCN3CCN(C)C3=O)CC[C@]3(C)[C@H](CC[C@@H]4[C@@]5(C)CC=C(C6=CC[C@](CF)(C(=O)OCc7ccccc7)CC6)C(C)(C)[C@@H]5CC[C@]43C)[C@@H]12. The molecule has 4 saturated carbocycles. The summed E-state index contributed by atoms with van der Waals surface area (Å²) in [6.07, 6.45) is 17.5. The standard InChI is InChI=1S/C50H72FN3O3/c1-34(2)37-18-25-50(52-28-29-54-31-30-53(8)44(54)56)27-26-47(6)39(42(37)50)14-15-41-46(5)21-19-38(45(3,4)40(46)20-22-48(41,47)7)36-16-23-49(33-51,24-17-36)43(55)57-32-35-12-10-9-11-13-35/h9-13,16,19,37,39-42,52H,1,14-15,17-18,20-33H2,2-8H3/t37-,39+,40-,41+,42+,46-,47+,48+,49-,50-/m0/s1. The van der Waals surface area contributed by atoms with Crippen LogP contribution in [0.4, 0.5) is 9.18 Å². The number of alkyl halides is 1. The number of ether oxygens (including phenoxy) is 1. The lowest BCUT2D eigenvalue weighted by molar-refractivity contribution is -0.221. The second-order valence-electron chi connectivity index (χ2n) is 21.4. The summed E-state index contributed by atoms with van der Waals surface area (Å²) in [5.41, 5.74) is 4.83. The van der Waals surface area contributed by atoms with Crippen LogP contribution < -0.4 is 5.32 Å². The van der Waals surface area contributed by atoms with E-state index in [-0.39, 0.29) is 39.8 Å². The Morgan fingerprint density at radius 2 is 1.68 bits per heavy atom. The highest BCUT2D eigenvalue weighted by Crippen LogP contribution is 2.76. The van der Waals surface area contributed by atoms with Crippen LogP contribution in [0.3, 0.4) is 0 Å². The Hall–Kier alpha value is -2.93. The Bertz CT molecular complexity index is 1810. The highest BCUT2D eigenvalue weighted by Gasteiger charge is 2.70. The first kappa shape index (κ1) is 40.8. The topological polar surface area (TPSA) is 61.9 Å². The molecule has 1 aromatic rings. The van der Waals surface area contributed by atoms with Crippen molar-refractivity contribution < 1.29 is 18.7 Å². The summed E-state index contributed by atoms with van der Waals surface area (Å²) in [6.45, 7) is 22.8. The van der Waals surface area contributed by atoms with E-state index in [1.165, 1.54) is 68.1 Å². The summed E-state index contributed by atoms with van der Waals surface area (Å²) in [5, 5.41) is 4.19. The van der Waals surface area contributed by atoms with Crippen LogP contribution in [-0.4, -0.2) is 67.2 Å². The number of allylic oxidation sites excluding steroid dienone is 5. The quantitative estimate of drug-likeness (QED) is 0.190. The summed E-state index contributed by atoms with van der Waals surface area (Å²) in [6, 6.07) is 9.85. The zero-order valence-corrected chi connectivity index (χ0v) is 36.4. The van der Waals surface area contributed by atoms with Crippen LogP contribution in [0.15, 0.2) is 65.8 Å². The van der Waals surface area contributed by atoms with Crippen LogP contribution in [0, 0.1) is 56.7 Å². The third-order valence-corrected chi connectivity index (χ3v) is 18.7. The lowest BCUT2D eigenvalue weighted by atomic mass is 9.33. The van der Waals surface area contributed by atoms with Gasteiger partial charge in [-0.2, -0.15) is 0 Å². The molecule has 2 amide bonds. The lowest BCUT2D eigenvalue weighted by Crippen LogP contribution is -2.68. The number of amides is 2. The molecule has 0 aromatic heterocycles. The van der Waals surface area contributed by atoms with Crippen molar-refractivity contribution in [2.24, 2.45) is 56.7 Å². The maximum atomic E-state index is 14.8. The summed E-state index contributed by atoms with van der Waals surface area (Å²) >= 11 is 0. The van der Waals surface area contributed by atoms with Gasteiger partial charge in [0.15, 0.2) is 0 Å². The highest BCUT2D eigenvalue weighted by atomic mass is 19.1. The van der Waals surface area contributed by atoms with Crippen LogP contribution in [0.2, 0.25) is 0 Å². The van der Waals surface area contributed by atoms with Gasteiger partial charge in [0.1, 0.15) is 13.3 Å². The Labute approximate surface area is 343 Å². The minimum Gasteiger partial charge on any atom is -0.460 e. The fourth-order valence-corrected chi connectivity index (χ4v) is 15.3. The molecule has 1 aliphatic heterocycles. The first-order valence-electron chi connectivity index (χ1n) is 22.6. The second kappa shape index (κ2) is 14.7. The molecule has 7 heteroatoms. The molecule has 8 rings (SSSR count). The van der Waals surface area contributed by atoms with Crippen molar-refractivity contribution in [2.75, 3.05) is 39.9 Å². The van der Waals surface area contributed by atoms with Crippen LogP contribution in [0.1, 0.15) is 124 Å². The van der Waals surface area contributed by atoms with E-state index in [2.05, 4.69) is 65.6 Å². The molecule has 1 heterocycles. The van der Waals surface area contributed by atoms with Crippen molar-refractivity contribution in [3.63, 3.8) is 0 Å². The van der Waals surface area contributed by atoms with Gasteiger partial charge in [-0.15, -0.1) is 0 Å². The number of hydrogen-bond donors (Lipinski definition) is 1. The van der Waals surface area contributed by atoms with Gasteiger partial charge in [0, 0.05) is 38.8 Å². The number of halogens is 1. The number of benzene rings is 1. The summed E-state index contributed by atoms with van der Waals surface area (Å²) in [7, 11) is 1.91. The number of carbonyl (C=O) groups excluding carboxylic acids is 2. The summed E-state index contributed by atoms with van der Waals surface area (Å²) in [4.78, 5) is 30.0. The minimum atomic E-state index is -1.09. The molecule has 6 aliphatic carbocycles. The van der Waals surface area contributed by atoms with Gasteiger partial charge in [-0.1, -0.05) is 89.3 Å². The molecule has 6 nitrogen and oxygen atoms in total. The van der Waals surface area contributed by atoms with Crippen LogP contribution in [0.5, 0.6) is 0 Å². The molecule has 0 spiro atoms. The Morgan fingerprint density at radius 1 is 0.912 bits per heavy atom. The molecule has 312 valence electrons. The van der Waals surface area contributed by atoms with Gasteiger partial charge in [0.2, 0.25) is 0 Å². The molecule has 10 atom stereocenters. The Kier molecular flexibility index (Phi) is 10.5. The van der Waals surface area contributed by atoms with E-state index in [0.29, 0.717) is 42.4 Å². The lowest BCUT2D eigenvalue weighted by Gasteiger charge is -2.72. The molecule has 0 radical (unpaired) electrons. The molecular weight excluding hydrogens is 710 g/mol. The Balaban J connectivity index is 1.01. The van der Waals surface area contributed by atoms with Crippen LogP contribution >= 0.6 is 0 Å². The molecule has 7 aliphatic rings. The molecule has 0 bridgehead atoms. The van der Waals surface area contributed by atoms with E-state index in [4.69, 9.17) is 4.74 Å². The van der Waals surface area contributed by atoms with Gasteiger partial charge >= 0.3 is 12.0 Å². The van der Waals surface area contributed by atoms with E-state index >= 15 is 0 Å². The predicted octanol–water partition coefficient (Wildman–Crippen LogP) is 10.7. The van der Waals surface area contributed by atoms with Crippen molar-refractivity contribution in [2.45, 2.75) is 131 Å². The molecule has 5 fully saturated rings. The fourth-order valence-electron chi connectivity index (χ4n) is 15.3. The number of rotatable bonds is 10. The number of esters is 1. The van der Waals surface area contributed by atoms with Crippen LogP contribution in [-0.2, 0) is 16.1 Å². The average molecular weight is 782 g/mol. The van der Waals surface area contributed by atoms with Crippen molar-refractivity contribution in [1.29, 1.82) is 0 Å². The summed E-state index contributed by atoms with van der Waals surface area (Å²) < 4.78 is 20.5. The van der Waals surface area contributed by atoms with Gasteiger partial charge in [-0.05, 0) is 152 Å². The van der Waals surface area contributed by atoms with E-state index in [1.54, 1.807) is 0 Å². The van der Waals surface area contributed by atoms with Crippen molar-refractivity contribution >= 4 is 12.0 Å². The number of carbonyl (C=O) groups is 2. The van der Waals surface area contributed by atoms with E-state index in [0.717, 1.165) is 44.6 Å². The molecular formula is C50H72FN3O3. The first-order chi connectivity index (χ1) is 27.1. The third kappa shape index (κ3) is 6.31. The Morgan fingerprint density at radius 3 is 2.35 bits per heavy atom. The van der Waals surface area contributed by atoms with E-state index < -0.39 is 18.1 Å². The normalized spacial score (nSPS) is 41.0. The number of hydrogen-bond acceptors (Lipinski definition) is 4. The second-order valence-corrected chi connectivity index (χ2v) is 21.4. The number of urea groups is 1. The van der Waals surface area contributed by atoms with E-state index in [9.17, 15) is 14.0 Å². The zero-order valence-electron chi connectivity index (χ0n) is 36.4. The van der Waals surface area contributed by atoms with E-state index in [1.807, 2.05) is 47.2 Å². The average Bonchev–Trinajstić information content (AvgIpc) is 3.73. The first-order valence-corrected chi connectivity index (χ1v) is 22.6. The monoisotopic (exact) mass is 782 g/mol. The molecule has 1 N–H and O–H groups in total. The molecule has 0 unspecified atom stereocenters. The van der Waals surface area contributed by atoms with Gasteiger partial charge in [-0.3, -0.25) is 4.79 Å². The number of fused-ring (bicyclic) bond motifs is 7. The van der Waals surface area contributed by atoms with Gasteiger partial charge in [-0.25, -0.2) is 9.18 Å². The van der Waals surface area contributed by atoms with Crippen molar-refractivity contribution in [3.05, 3.63) is 71.3 Å². The third-order valence-electron chi connectivity index (χ3n) is 18.7. The molecule has 57 heavy (non-hydrogen) atoms. The maximum absolute atomic E-state index is 14.8. The summed E-state index contributed by atoms with van der Waals surface area (Å²) in [5.74, 6) is 2.63. The minimum absolute atomic E-state index is 0.00484. The number of likely N-dealkylation sites (N-methyl/N-ethyl adjacent to an activating group) is 1. The van der Waals surface area contributed by atoms with Gasteiger partial charge in [0.05, 0.1) is 5.41 Å². The molecule has 1 aromatic carbocycles. The van der Waals surface area contributed by atoms with Gasteiger partial charge in [0.25, 0.3) is 0 Å². The van der Waals surface area contributed by atoms with Crippen molar-refractivity contribution in [1.82, 2.24) is 15.1 Å². The predicted molar refractivity (Wildman–Crippen MR) is 227 cm³/mol. The maximum Gasteiger partial charge on any atom is 0.319 e. The largest absolute Gasteiger partial charge is 0.460 e. The van der Waals surface area contributed by atoms with Crippen molar-refractivity contribution in [3.8, 4) is 0 Å². The number of nitrogens with zero attached hydrogens (tertiary/aromatic N) is 2.